The lowest BCUT2D eigenvalue weighted by Gasteiger charge is -2.08. The molecule has 0 saturated carbocycles. The Labute approximate surface area is 123 Å². The fraction of sp³-hybridized carbons (Fsp3) is 0.400. The zero-order chi connectivity index (χ0) is 12.3. The molecule has 1 aromatic carbocycles. The fourth-order valence-corrected chi connectivity index (χ4v) is 4.46. The first kappa shape index (κ1) is 14.7. The van der Waals surface area contributed by atoms with Crippen LogP contribution >= 0.6 is 45.2 Å². The SMILES string of the molecule is CC(C)COS(=O)(=O)c1cc(I)cc(I)c1. The van der Waals surface area contributed by atoms with Crippen molar-refractivity contribution >= 4 is 55.3 Å². The van der Waals surface area contributed by atoms with Crippen LogP contribution in [0.25, 0.3) is 0 Å². The van der Waals surface area contributed by atoms with Crippen LogP contribution in [0.5, 0.6) is 0 Å². The third kappa shape index (κ3) is 4.46. The molecule has 0 spiro atoms. The molecule has 0 unspecified atom stereocenters. The van der Waals surface area contributed by atoms with Crippen molar-refractivity contribution in [1.82, 2.24) is 0 Å². The normalized spacial score (nSPS) is 12.1. The second-order valence-corrected chi connectivity index (χ2v) is 7.84. The van der Waals surface area contributed by atoms with Crippen LogP contribution in [-0.4, -0.2) is 15.0 Å². The summed E-state index contributed by atoms with van der Waals surface area (Å²) in [6.07, 6.45) is 0. The van der Waals surface area contributed by atoms with E-state index in [9.17, 15) is 8.42 Å². The van der Waals surface area contributed by atoms with Gasteiger partial charge in [0.15, 0.2) is 0 Å². The minimum absolute atomic E-state index is 0.191. The van der Waals surface area contributed by atoms with Crippen molar-refractivity contribution in [1.29, 1.82) is 0 Å². The quantitative estimate of drug-likeness (QED) is 0.506. The van der Waals surface area contributed by atoms with Crippen LogP contribution < -0.4 is 0 Å². The second-order valence-electron chi connectivity index (χ2n) is 3.74. The molecule has 0 heterocycles. The van der Waals surface area contributed by atoms with E-state index in [0.717, 1.165) is 7.14 Å². The summed E-state index contributed by atoms with van der Waals surface area (Å²) in [5.41, 5.74) is 0. The highest BCUT2D eigenvalue weighted by Gasteiger charge is 2.16. The largest absolute Gasteiger partial charge is 0.297 e. The van der Waals surface area contributed by atoms with Crippen molar-refractivity contribution < 1.29 is 12.6 Å². The van der Waals surface area contributed by atoms with Crippen molar-refractivity contribution in [2.24, 2.45) is 5.92 Å². The summed E-state index contributed by atoms with van der Waals surface area (Å²) in [5, 5.41) is 0. The number of rotatable bonds is 4. The smallest absolute Gasteiger partial charge is 0.266 e. The van der Waals surface area contributed by atoms with Crippen LogP contribution in [0.2, 0.25) is 0 Å². The van der Waals surface area contributed by atoms with Crippen LogP contribution in [0, 0.1) is 13.1 Å². The van der Waals surface area contributed by atoms with Gasteiger partial charge in [-0.05, 0) is 69.3 Å². The van der Waals surface area contributed by atoms with E-state index in [4.69, 9.17) is 4.18 Å². The third-order valence-electron chi connectivity index (χ3n) is 1.68. The summed E-state index contributed by atoms with van der Waals surface area (Å²) in [7, 11) is -3.61. The first-order valence-electron chi connectivity index (χ1n) is 4.67. The molecule has 0 bridgehead atoms. The molecule has 0 N–H and O–H groups in total. The van der Waals surface area contributed by atoms with Gasteiger partial charge in [-0.15, -0.1) is 0 Å². The molecule has 1 aromatic rings. The number of hydrogen-bond donors (Lipinski definition) is 0. The Bertz CT molecular complexity index is 449. The van der Waals surface area contributed by atoms with Crippen molar-refractivity contribution in [2.75, 3.05) is 6.61 Å². The maximum Gasteiger partial charge on any atom is 0.297 e. The Balaban J connectivity index is 2.98. The molecule has 3 nitrogen and oxygen atoms in total. The monoisotopic (exact) mass is 466 g/mol. The molecule has 1 rings (SSSR count). The minimum atomic E-state index is -3.61. The zero-order valence-corrected chi connectivity index (χ0v) is 14.0. The fourth-order valence-electron chi connectivity index (χ4n) is 0.967. The molecule has 0 aliphatic carbocycles. The van der Waals surface area contributed by atoms with Gasteiger partial charge in [0.1, 0.15) is 0 Å². The van der Waals surface area contributed by atoms with Gasteiger partial charge in [0, 0.05) is 7.14 Å². The van der Waals surface area contributed by atoms with Crippen LogP contribution in [-0.2, 0) is 14.3 Å². The highest BCUT2D eigenvalue weighted by molar-refractivity contribution is 14.1. The average molecular weight is 466 g/mol. The Hall–Kier alpha value is 0.590. The molecular formula is C10H12I2O3S. The average Bonchev–Trinajstić information content (AvgIpc) is 2.13. The molecule has 16 heavy (non-hydrogen) atoms. The zero-order valence-electron chi connectivity index (χ0n) is 8.91. The summed E-state index contributed by atoms with van der Waals surface area (Å²) in [4.78, 5) is 0.226. The lowest BCUT2D eigenvalue weighted by molar-refractivity contribution is 0.275. The summed E-state index contributed by atoms with van der Waals surface area (Å²) < 4.78 is 30.3. The standard InChI is InChI=1S/C10H12I2O3S/c1-7(2)6-15-16(13,14)10-4-8(11)3-9(12)5-10/h3-5,7H,6H2,1-2H3. The van der Waals surface area contributed by atoms with Gasteiger partial charge in [0.25, 0.3) is 10.1 Å². The van der Waals surface area contributed by atoms with Crippen LogP contribution in [0.1, 0.15) is 13.8 Å². The molecule has 0 radical (unpaired) electrons. The number of halogens is 2. The van der Waals surface area contributed by atoms with E-state index in [0.29, 0.717) is 0 Å². The van der Waals surface area contributed by atoms with E-state index in [2.05, 4.69) is 45.2 Å². The van der Waals surface area contributed by atoms with E-state index in [1.807, 2.05) is 19.9 Å². The molecular weight excluding hydrogens is 454 g/mol. The highest BCUT2D eigenvalue weighted by Crippen LogP contribution is 2.20. The van der Waals surface area contributed by atoms with Crippen LogP contribution in [0.3, 0.4) is 0 Å². The van der Waals surface area contributed by atoms with Gasteiger partial charge in [-0.2, -0.15) is 8.42 Å². The molecule has 90 valence electrons. The van der Waals surface area contributed by atoms with Gasteiger partial charge in [0.2, 0.25) is 0 Å². The molecule has 0 amide bonds. The predicted molar refractivity (Wildman–Crippen MR) is 79.9 cm³/mol. The van der Waals surface area contributed by atoms with Crippen LogP contribution in [0.4, 0.5) is 0 Å². The Morgan fingerprint density at radius 3 is 2.12 bits per heavy atom. The Morgan fingerprint density at radius 1 is 1.19 bits per heavy atom. The summed E-state index contributed by atoms with van der Waals surface area (Å²) in [6, 6.07) is 5.12. The van der Waals surface area contributed by atoms with E-state index in [1.54, 1.807) is 12.1 Å². The van der Waals surface area contributed by atoms with Gasteiger partial charge in [-0.3, -0.25) is 4.18 Å². The van der Waals surface area contributed by atoms with E-state index >= 15 is 0 Å². The van der Waals surface area contributed by atoms with E-state index in [-0.39, 0.29) is 17.4 Å². The van der Waals surface area contributed by atoms with E-state index in [1.165, 1.54) is 0 Å². The van der Waals surface area contributed by atoms with Gasteiger partial charge in [-0.1, -0.05) is 13.8 Å². The van der Waals surface area contributed by atoms with E-state index < -0.39 is 10.1 Å². The van der Waals surface area contributed by atoms with Gasteiger partial charge in [-0.25, -0.2) is 0 Å². The van der Waals surface area contributed by atoms with Crippen molar-refractivity contribution in [2.45, 2.75) is 18.7 Å². The number of hydrogen-bond acceptors (Lipinski definition) is 3. The summed E-state index contributed by atoms with van der Waals surface area (Å²) >= 11 is 4.18. The van der Waals surface area contributed by atoms with Crippen molar-refractivity contribution in [3.05, 3.63) is 25.3 Å². The minimum Gasteiger partial charge on any atom is -0.266 e. The Morgan fingerprint density at radius 2 is 1.69 bits per heavy atom. The molecule has 0 aliphatic heterocycles. The highest BCUT2D eigenvalue weighted by atomic mass is 127. The molecule has 0 aliphatic rings. The predicted octanol–water partition coefficient (Wildman–Crippen LogP) is 3.26. The first-order valence-corrected chi connectivity index (χ1v) is 8.23. The third-order valence-corrected chi connectivity index (χ3v) is 4.19. The lowest BCUT2D eigenvalue weighted by atomic mass is 10.2. The summed E-state index contributed by atoms with van der Waals surface area (Å²) in [5.74, 6) is 0.191. The second kappa shape index (κ2) is 5.96. The number of benzene rings is 1. The van der Waals surface area contributed by atoms with Crippen molar-refractivity contribution in [3.63, 3.8) is 0 Å². The lowest BCUT2D eigenvalue weighted by Crippen LogP contribution is -2.11. The molecule has 0 aromatic heterocycles. The molecule has 6 heteroatoms. The van der Waals surface area contributed by atoms with Crippen LogP contribution in [0.15, 0.2) is 23.1 Å². The van der Waals surface area contributed by atoms with Gasteiger partial charge < -0.3 is 0 Å². The first-order chi connectivity index (χ1) is 7.31. The maximum absolute atomic E-state index is 11.8. The van der Waals surface area contributed by atoms with Gasteiger partial charge >= 0.3 is 0 Å². The Kier molecular flexibility index (Phi) is 5.46. The summed E-state index contributed by atoms with van der Waals surface area (Å²) in [6.45, 7) is 4.03. The molecule has 0 saturated heterocycles. The topological polar surface area (TPSA) is 43.4 Å². The molecule has 0 atom stereocenters. The van der Waals surface area contributed by atoms with Gasteiger partial charge in [0.05, 0.1) is 11.5 Å². The van der Waals surface area contributed by atoms with Crippen molar-refractivity contribution in [3.8, 4) is 0 Å². The maximum atomic E-state index is 11.8. The molecule has 0 fully saturated rings.